The number of ether oxygens (including phenoxy) is 1. The van der Waals surface area contributed by atoms with Crippen LogP contribution < -0.4 is 10.1 Å². The minimum Gasteiger partial charge on any atom is -0.489 e. The van der Waals surface area contributed by atoms with Gasteiger partial charge in [-0.3, -0.25) is 0 Å². The van der Waals surface area contributed by atoms with Crippen LogP contribution in [0.3, 0.4) is 0 Å². The Balaban J connectivity index is 1.69. The summed E-state index contributed by atoms with van der Waals surface area (Å²) in [6.07, 6.45) is 0. The van der Waals surface area contributed by atoms with Crippen LogP contribution in [0.4, 0.5) is 10.1 Å². The number of rotatable bonds is 6. The van der Waals surface area contributed by atoms with Crippen LogP contribution in [0.15, 0.2) is 71.2 Å². The summed E-state index contributed by atoms with van der Waals surface area (Å²) in [4.78, 5) is 0. The molecular weight excluding hydrogens is 405 g/mol. The van der Waals surface area contributed by atoms with E-state index in [9.17, 15) is 4.39 Å². The summed E-state index contributed by atoms with van der Waals surface area (Å²) < 4.78 is 20.0. The van der Waals surface area contributed by atoms with E-state index in [-0.39, 0.29) is 5.82 Å². The van der Waals surface area contributed by atoms with Crippen molar-refractivity contribution in [2.45, 2.75) is 13.2 Å². The predicted octanol–water partition coefficient (Wildman–Crippen LogP) is 6.43. The van der Waals surface area contributed by atoms with E-state index in [4.69, 9.17) is 16.3 Å². The Morgan fingerprint density at radius 3 is 2.40 bits per heavy atom. The van der Waals surface area contributed by atoms with Crippen molar-refractivity contribution in [3.8, 4) is 5.75 Å². The van der Waals surface area contributed by atoms with E-state index >= 15 is 0 Å². The largest absolute Gasteiger partial charge is 0.489 e. The van der Waals surface area contributed by atoms with Crippen molar-refractivity contribution in [3.05, 3.63) is 93.2 Å². The van der Waals surface area contributed by atoms with Gasteiger partial charge in [-0.15, -0.1) is 0 Å². The van der Waals surface area contributed by atoms with Gasteiger partial charge in [0.15, 0.2) is 0 Å². The lowest BCUT2D eigenvalue weighted by Crippen LogP contribution is -2.04. The zero-order valence-electron chi connectivity index (χ0n) is 13.3. The summed E-state index contributed by atoms with van der Waals surface area (Å²) in [5.41, 5.74) is 2.85. The maximum absolute atomic E-state index is 13.0. The molecule has 25 heavy (non-hydrogen) atoms. The first kappa shape index (κ1) is 17.8. The number of halogens is 3. The van der Waals surface area contributed by atoms with Crippen molar-refractivity contribution < 1.29 is 9.13 Å². The van der Waals surface area contributed by atoms with Crippen molar-refractivity contribution in [2.75, 3.05) is 5.32 Å². The van der Waals surface area contributed by atoms with Gasteiger partial charge >= 0.3 is 0 Å². The van der Waals surface area contributed by atoms with E-state index in [1.54, 1.807) is 18.2 Å². The molecule has 0 bridgehead atoms. The third kappa shape index (κ3) is 5.21. The Morgan fingerprint density at radius 2 is 1.68 bits per heavy atom. The topological polar surface area (TPSA) is 21.3 Å². The molecule has 1 N–H and O–H groups in total. The van der Waals surface area contributed by atoms with Crippen LogP contribution in [0.1, 0.15) is 11.1 Å². The van der Waals surface area contributed by atoms with Gasteiger partial charge in [0.05, 0.1) is 0 Å². The van der Waals surface area contributed by atoms with Crippen molar-refractivity contribution in [1.29, 1.82) is 0 Å². The van der Waals surface area contributed by atoms with Gasteiger partial charge in [0, 0.05) is 27.3 Å². The molecule has 128 valence electrons. The average Bonchev–Trinajstić information content (AvgIpc) is 2.62. The van der Waals surface area contributed by atoms with Gasteiger partial charge in [0.25, 0.3) is 0 Å². The smallest absolute Gasteiger partial charge is 0.124 e. The molecule has 0 aliphatic rings. The normalized spacial score (nSPS) is 10.5. The lowest BCUT2D eigenvalue weighted by atomic mass is 10.2. The molecule has 0 aromatic heterocycles. The fourth-order valence-corrected chi connectivity index (χ4v) is 2.79. The molecule has 3 aromatic carbocycles. The molecule has 0 atom stereocenters. The summed E-state index contributed by atoms with van der Waals surface area (Å²) in [7, 11) is 0. The van der Waals surface area contributed by atoms with Crippen molar-refractivity contribution in [1.82, 2.24) is 0 Å². The van der Waals surface area contributed by atoms with Gasteiger partial charge in [-0.25, -0.2) is 4.39 Å². The van der Waals surface area contributed by atoms with Crippen molar-refractivity contribution in [3.63, 3.8) is 0 Å². The van der Waals surface area contributed by atoms with Crippen LogP contribution >= 0.6 is 27.5 Å². The van der Waals surface area contributed by atoms with E-state index in [2.05, 4.69) is 21.2 Å². The zero-order valence-corrected chi connectivity index (χ0v) is 15.6. The van der Waals surface area contributed by atoms with E-state index in [0.29, 0.717) is 18.2 Å². The molecule has 0 saturated carbocycles. The van der Waals surface area contributed by atoms with Gasteiger partial charge in [0.2, 0.25) is 0 Å². The van der Waals surface area contributed by atoms with Gasteiger partial charge < -0.3 is 10.1 Å². The molecule has 0 saturated heterocycles. The summed E-state index contributed by atoms with van der Waals surface area (Å²) in [6.45, 7) is 1.00. The van der Waals surface area contributed by atoms with Crippen molar-refractivity contribution in [2.24, 2.45) is 0 Å². The van der Waals surface area contributed by atoms with Gasteiger partial charge in [0.1, 0.15) is 18.2 Å². The highest BCUT2D eigenvalue weighted by molar-refractivity contribution is 9.10. The standard InChI is InChI=1S/C20H16BrClFNO/c21-16-3-1-14(2-4-16)13-25-20-10-5-17(22)11-15(20)12-24-19-8-6-18(23)7-9-19/h1-11,24H,12-13H2. The first-order chi connectivity index (χ1) is 12.1. The Hall–Kier alpha value is -2.04. The predicted molar refractivity (Wildman–Crippen MR) is 104 cm³/mol. The van der Waals surface area contributed by atoms with Gasteiger partial charge in [-0.05, 0) is 60.2 Å². The fraction of sp³-hybridized carbons (Fsp3) is 0.100. The molecule has 3 aromatic rings. The molecule has 0 heterocycles. The molecule has 0 unspecified atom stereocenters. The SMILES string of the molecule is Fc1ccc(NCc2cc(Cl)ccc2OCc2ccc(Br)cc2)cc1. The molecule has 5 heteroatoms. The minimum atomic E-state index is -0.258. The second kappa shape index (κ2) is 8.37. The maximum atomic E-state index is 13.0. The highest BCUT2D eigenvalue weighted by atomic mass is 79.9. The van der Waals surface area contributed by atoms with Crippen LogP contribution in [0.2, 0.25) is 5.02 Å². The Morgan fingerprint density at radius 1 is 0.960 bits per heavy atom. The molecule has 0 aliphatic heterocycles. The number of hydrogen-bond acceptors (Lipinski definition) is 2. The molecule has 2 nitrogen and oxygen atoms in total. The van der Waals surface area contributed by atoms with E-state index < -0.39 is 0 Å². The monoisotopic (exact) mass is 419 g/mol. The molecule has 0 aliphatic carbocycles. The van der Waals surface area contributed by atoms with Gasteiger partial charge in [-0.1, -0.05) is 39.7 Å². The lowest BCUT2D eigenvalue weighted by Gasteiger charge is -2.14. The lowest BCUT2D eigenvalue weighted by molar-refractivity contribution is 0.303. The maximum Gasteiger partial charge on any atom is 0.124 e. The number of anilines is 1. The molecule has 0 fully saturated rings. The van der Waals surface area contributed by atoms with Crippen LogP contribution in [0, 0.1) is 5.82 Å². The fourth-order valence-electron chi connectivity index (χ4n) is 2.33. The third-order valence-electron chi connectivity index (χ3n) is 3.66. The number of nitrogens with one attached hydrogen (secondary N) is 1. The molecule has 0 amide bonds. The number of benzene rings is 3. The average molecular weight is 421 g/mol. The van der Waals surface area contributed by atoms with Gasteiger partial charge in [-0.2, -0.15) is 0 Å². The van der Waals surface area contributed by atoms with Crippen LogP contribution in [0.25, 0.3) is 0 Å². The van der Waals surface area contributed by atoms with E-state index in [0.717, 1.165) is 27.0 Å². The highest BCUT2D eigenvalue weighted by Gasteiger charge is 2.06. The number of hydrogen-bond donors (Lipinski definition) is 1. The molecule has 0 spiro atoms. The van der Waals surface area contributed by atoms with Crippen LogP contribution in [-0.4, -0.2) is 0 Å². The van der Waals surface area contributed by atoms with Crippen LogP contribution in [-0.2, 0) is 13.2 Å². The minimum absolute atomic E-state index is 0.258. The Kier molecular flexibility index (Phi) is 5.95. The summed E-state index contributed by atoms with van der Waals surface area (Å²) in [5, 5.41) is 3.90. The Labute approximate surface area is 159 Å². The van der Waals surface area contributed by atoms with Crippen molar-refractivity contribution >= 4 is 33.2 Å². The second-order valence-electron chi connectivity index (χ2n) is 5.53. The third-order valence-corrected chi connectivity index (χ3v) is 4.42. The first-order valence-corrected chi connectivity index (χ1v) is 8.92. The first-order valence-electron chi connectivity index (χ1n) is 7.75. The summed E-state index contributed by atoms with van der Waals surface area (Å²) in [6, 6.07) is 19.8. The van der Waals surface area contributed by atoms with E-state index in [1.165, 1.54) is 12.1 Å². The highest BCUT2D eigenvalue weighted by Crippen LogP contribution is 2.25. The van der Waals surface area contributed by atoms with Crippen LogP contribution in [0.5, 0.6) is 5.75 Å². The molecule has 0 radical (unpaired) electrons. The second-order valence-corrected chi connectivity index (χ2v) is 6.88. The summed E-state index contributed by atoms with van der Waals surface area (Å²) in [5.74, 6) is 0.508. The summed E-state index contributed by atoms with van der Waals surface area (Å²) >= 11 is 9.54. The van der Waals surface area contributed by atoms with E-state index in [1.807, 2.05) is 36.4 Å². The quantitative estimate of drug-likeness (QED) is 0.496. The molecular formula is C20H16BrClFNO. The molecule has 3 rings (SSSR count). The Bertz CT molecular complexity index is 837. The zero-order chi connectivity index (χ0) is 17.6.